The van der Waals surface area contributed by atoms with Crippen LogP contribution in [0.3, 0.4) is 0 Å². The molecule has 1 N–H and O–H groups in total. The van der Waals surface area contributed by atoms with E-state index in [2.05, 4.69) is 32.0 Å². The summed E-state index contributed by atoms with van der Waals surface area (Å²) in [5, 5.41) is 10.7. The van der Waals surface area contributed by atoms with Crippen LogP contribution in [0.25, 0.3) is 10.9 Å². The monoisotopic (exact) mass is 476 g/mol. The lowest BCUT2D eigenvalue weighted by molar-refractivity contribution is -0.139. The molecular formula is C28H36N4O3. The Balaban J connectivity index is 1.27. The van der Waals surface area contributed by atoms with Crippen molar-refractivity contribution in [3.63, 3.8) is 0 Å². The van der Waals surface area contributed by atoms with Gasteiger partial charge in [-0.25, -0.2) is 9.97 Å². The van der Waals surface area contributed by atoms with Crippen LogP contribution in [0.1, 0.15) is 49.8 Å². The first kappa shape index (κ1) is 25.0. The number of aryl methyl sites for hydroxylation is 2. The number of aromatic nitrogens is 3. The minimum Gasteiger partial charge on any atom is -0.497 e. The van der Waals surface area contributed by atoms with Crippen molar-refractivity contribution >= 4 is 16.9 Å². The first-order valence-corrected chi connectivity index (χ1v) is 12.7. The molecule has 1 fully saturated rings. The normalized spacial score (nSPS) is 18.5. The second kappa shape index (κ2) is 12.6. The number of nitrogens with zero attached hydrogens (tertiary/aromatic N) is 4. The van der Waals surface area contributed by atoms with Gasteiger partial charge in [-0.05, 0) is 106 Å². The standard InChI is InChI=1S/C28H36N4O3/c1-35-25-8-9-27-26(18-25)22(10-14-30-27)6-4-5-21-12-16-32(19-23(21)17-28(33)34)15-3-2-7-24-11-13-29-20-31-24/h8-11,13-14,18,20-21,23H,2-7,12,15-17,19H2,1H3,(H,33,34)/t21-,23+/m1/s1. The molecule has 2 aromatic heterocycles. The number of benzene rings is 1. The topological polar surface area (TPSA) is 88.4 Å². The van der Waals surface area contributed by atoms with Gasteiger partial charge in [-0.2, -0.15) is 0 Å². The van der Waals surface area contributed by atoms with Crippen LogP contribution in [-0.4, -0.2) is 57.7 Å². The lowest BCUT2D eigenvalue weighted by atomic mass is 9.79. The van der Waals surface area contributed by atoms with Crippen LogP contribution >= 0.6 is 0 Å². The Labute approximate surface area is 207 Å². The van der Waals surface area contributed by atoms with Crippen LogP contribution in [0.2, 0.25) is 0 Å². The largest absolute Gasteiger partial charge is 0.497 e. The third kappa shape index (κ3) is 7.21. The number of pyridine rings is 1. The molecule has 7 nitrogen and oxygen atoms in total. The lowest BCUT2D eigenvalue weighted by Crippen LogP contribution is -2.41. The van der Waals surface area contributed by atoms with E-state index in [9.17, 15) is 9.90 Å². The zero-order chi connectivity index (χ0) is 24.5. The first-order valence-electron chi connectivity index (χ1n) is 12.7. The molecule has 1 aliphatic rings. The molecule has 0 amide bonds. The average molecular weight is 477 g/mol. The second-order valence-electron chi connectivity index (χ2n) is 9.61. The number of unbranched alkanes of at least 4 members (excludes halogenated alkanes) is 1. The van der Waals surface area contributed by atoms with Gasteiger partial charge in [0.15, 0.2) is 0 Å². The maximum atomic E-state index is 11.6. The third-order valence-electron chi connectivity index (χ3n) is 7.27. The number of hydrogen-bond acceptors (Lipinski definition) is 6. The summed E-state index contributed by atoms with van der Waals surface area (Å²) >= 11 is 0. The quantitative estimate of drug-likeness (QED) is 0.376. The molecule has 186 valence electrons. The van der Waals surface area contributed by atoms with Gasteiger partial charge in [0.05, 0.1) is 12.6 Å². The van der Waals surface area contributed by atoms with Gasteiger partial charge in [0.2, 0.25) is 0 Å². The lowest BCUT2D eigenvalue weighted by Gasteiger charge is -2.38. The fraction of sp³-hybridized carbons (Fsp3) is 0.500. The summed E-state index contributed by atoms with van der Waals surface area (Å²) in [6, 6.07) is 10.1. The molecule has 0 aliphatic carbocycles. The van der Waals surface area contributed by atoms with Crippen LogP contribution in [-0.2, 0) is 17.6 Å². The highest BCUT2D eigenvalue weighted by Gasteiger charge is 2.30. The van der Waals surface area contributed by atoms with Gasteiger partial charge < -0.3 is 14.7 Å². The van der Waals surface area contributed by atoms with Gasteiger partial charge >= 0.3 is 5.97 Å². The van der Waals surface area contributed by atoms with Crippen LogP contribution in [0.4, 0.5) is 0 Å². The van der Waals surface area contributed by atoms with Gasteiger partial charge in [0.1, 0.15) is 12.1 Å². The van der Waals surface area contributed by atoms with E-state index in [1.165, 1.54) is 5.56 Å². The Morgan fingerprint density at radius 2 is 2.00 bits per heavy atom. The van der Waals surface area contributed by atoms with Gasteiger partial charge in [-0.1, -0.05) is 0 Å². The van der Waals surface area contributed by atoms with Crippen LogP contribution < -0.4 is 4.74 Å². The van der Waals surface area contributed by atoms with Crippen molar-refractivity contribution in [1.82, 2.24) is 19.9 Å². The van der Waals surface area contributed by atoms with Crippen molar-refractivity contribution in [3.8, 4) is 5.75 Å². The number of piperidine rings is 1. The maximum absolute atomic E-state index is 11.6. The molecule has 0 unspecified atom stereocenters. The fourth-order valence-corrected chi connectivity index (χ4v) is 5.38. The van der Waals surface area contributed by atoms with E-state index < -0.39 is 5.97 Å². The Morgan fingerprint density at radius 3 is 2.80 bits per heavy atom. The second-order valence-corrected chi connectivity index (χ2v) is 9.61. The molecule has 7 heteroatoms. The predicted molar refractivity (Wildman–Crippen MR) is 136 cm³/mol. The smallest absolute Gasteiger partial charge is 0.303 e. The van der Waals surface area contributed by atoms with Crippen molar-refractivity contribution < 1.29 is 14.6 Å². The highest BCUT2D eigenvalue weighted by Crippen LogP contribution is 2.32. The minimum absolute atomic E-state index is 0.220. The molecule has 35 heavy (non-hydrogen) atoms. The number of hydrogen-bond donors (Lipinski definition) is 1. The SMILES string of the molecule is COc1ccc2nccc(CCC[C@@H]3CCN(CCCCc4ccncn4)C[C@@H]3CC(=O)O)c2c1. The number of carbonyl (C=O) groups is 1. The molecule has 0 saturated carbocycles. The molecule has 3 aromatic rings. The molecule has 1 saturated heterocycles. The van der Waals surface area contributed by atoms with Crippen molar-refractivity contribution in [2.45, 2.75) is 51.4 Å². The minimum atomic E-state index is -0.683. The molecule has 0 radical (unpaired) electrons. The van der Waals surface area contributed by atoms with E-state index >= 15 is 0 Å². The van der Waals surface area contributed by atoms with E-state index in [0.717, 1.165) is 86.9 Å². The van der Waals surface area contributed by atoms with Gasteiger partial charge in [-0.15, -0.1) is 0 Å². The molecule has 0 spiro atoms. The number of carboxylic acids is 1. The van der Waals surface area contributed by atoms with Crippen LogP contribution in [0.15, 0.2) is 49.1 Å². The Kier molecular flexibility index (Phi) is 9.01. The predicted octanol–water partition coefficient (Wildman–Crippen LogP) is 4.79. The van der Waals surface area contributed by atoms with Crippen molar-refractivity contribution in [3.05, 3.63) is 60.3 Å². The number of methoxy groups -OCH3 is 1. The van der Waals surface area contributed by atoms with Crippen molar-refractivity contribution in [2.24, 2.45) is 11.8 Å². The van der Waals surface area contributed by atoms with E-state index in [0.29, 0.717) is 5.92 Å². The molecule has 2 atom stereocenters. The molecular weight excluding hydrogens is 440 g/mol. The first-order chi connectivity index (χ1) is 17.1. The summed E-state index contributed by atoms with van der Waals surface area (Å²) in [6.07, 6.45) is 12.8. The number of rotatable bonds is 12. The summed E-state index contributed by atoms with van der Waals surface area (Å²) < 4.78 is 5.40. The summed E-state index contributed by atoms with van der Waals surface area (Å²) in [5.74, 6) is 0.846. The Hall–Kier alpha value is -3.06. The fourth-order valence-electron chi connectivity index (χ4n) is 5.38. The average Bonchev–Trinajstić information content (AvgIpc) is 2.88. The molecule has 4 rings (SSSR count). The zero-order valence-corrected chi connectivity index (χ0v) is 20.6. The summed E-state index contributed by atoms with van der Waals surface area (Å²) in [5.41, 5.74) is 3.35. The van der Waals surface area contributed by atoms with Crippen molar-refractivity contribution in [2.75, 3.05) is 26.7 Å². The number of fused-ring (bicyclic) bond motifs is 1. The summed E-state index contributed by atoms with van der Waals surface area (Å²) in [7, 11) is 1.68. The third-order valence-corrected chi connectivity index (χ3v) is 7.27. The van der Waals surface area contributed by atoms with Gasteiger partial charge in [-0.3, -0.25) is 9.78 Å². The van der Waals surface area contributed by atoms with Gasteiger partial charge in [0.25, 0.3) is 0 Å². The number of aliphatic carboxylic acids is 1. The molecule has 3 heterocycles. The number of carboxylic acid groups (broad SMARTS) is 1. The van der Waals surface area contributed by atoms with E-state index in [-0.39, 0.29) is 12.3 Å². The highest BCUT2D eigenvalue weighted by molar-refractivity contribution is 5.83. The Bertz CT molecular complexity index is 1090. The Morgan fingerprint density at radius 1 is 1.09 bits per heavy atom. The summed E-state index contributed by atoms with van der Waals surface area (Å²) in [6.45, 7) is 2.97. The highest BCUT2D eigenvalue weighted by atomic mass is 16.5. The van der Waals surface area contributed by atoms with Crippen LogP contribution in [0.5, 0.6) is 5.75 Å². The van der Waals surface area contributed by atoms with E-state index in [1.54, 1.807) is 19.6 Å². The maximum Gasteiger partial charge on any atom is 0.303 e. The van der Waals surface area contributed by atoms with Crippen molar-refractivity contribution in [1.29, 1.82) is 0 Å². The molecule has 0 bridgehead atoms. The zero-order valence-electron chi connectivity index (χ0n) is 20.6. The van der Waals surface area contributed by atoms with E-state index in [1.807, 2.05) is 24.4 Å². The number of ether oxygens (including phenoxy) is 1. The molecule has 1 aliphatic heterocycles. The molecule has 1 aromatic carbocycles. The number of likely N-dealkylation sites (tertiary alicyclic amines) is 1. The van der Waals surface area contributed by atoms with Crippen LogP contribution in [0, 0.1) is 11.8 Å². The van der Waals surface area contributed by atoms with E-state index in [4.69, 9.17) is 4.74 Å². The summed E-state index contributed by atoms with van der Waals surface area (Å²) in [4.78, 5) is 26.8. The van der Waals surface area contributed by atoms with Gasteiger partial charge in [0, 0.05) is 36.4 Å².